The van der Waals surface area contributed by atoms with Crippen LogP contribution in [0.1, 0.15) is 11.4 Å². The largest absolute Gasteiger partial charge is 0.368 e. The van der Waals surface area contributed by atoms with Crippen LogP contribution >= 0.6 is 0 Å². The van der Waals surface area contributed by atoms with Crippen LogP contribution in [0.3, 0.4) is 0 Å². The standard InChI is InChI=1S/C16H15N5/c1-10-8-13(9-11(2)18-10)15-19-14(20-16(17)21-15)12-6-4-3-5-7-12/h3-9H,1-2H3,(H2,17,19,20,21). The Morgan fingerprint density at radius 2 is 1.29 bits per heavy atom. The van der Waals surface area contributed by atoms with Crippen LogP contribution in [0.15, 0.2) is 42.5 Å². The highest BCUT2D eigenvalue weighted by Gasteiger charge is 2.09. The first-order valence-corrected chi connectivity index (χ1v) is 6.64. The van der Waals surface area contributed by atoms with Gasteiger partial charge in [0.2, 0.25) is 5.95 Å². The average Bonchev–Trinajstić information content (AvgIpc) is 2.46. The van der Waals surface area contributed by atoms with Crippen molar-refractivity contribution < 1.29 is 0 Å². The fourth-order valence-electron chi connectivity index (χ4n) is 2.20. The molecule has 0 atom stereocenters. The van der Waals surface area contributed by atoms with Crippen LogP contribution in [0.2, 0.25) is 0 Å². The van der Waals surface area contributed by atoms with Crippen LogP contribution in [-0.4, -0.2) is 19.9 Å². The van der Waals surface area contributed by atoms with Gasteiger partial charge in [0.25, 0.3) is 0 Å². The summed E-state index contributed by atoms with van der Waals surface area (Å²) in [5, 5.41) is 0. The number of benzene rings is 1. The van der Waals surface area contributed by atoms with Crippen LogP contribution in [0.4, 0.5) is 5.95 Å². The number of pyridine rings is 1. The Hall–Kier alpha value is -2.82. The van der Waals surface area contributed by atoms with Gasteiger partial charge in [-0.2, -0.15) is 9.97 Å². The highest BCUT2D eigenvalue weighted by Crippen LogP contribution is 2.21. The molecule has 5 nitrogen and oxygen atoms in total. The van der Waals surface area contributed by atoms with E-state index in [0.717, 1.165) is 22.5 Å². The molecule has 2 N–H and O–H groups in total. The highest BCUT2D eigenvalue weighted by molar-refractivity contribution is 5.62. The number of anilines is 1. The summed E-state index contributed by atoms with van der Waals surface area (Å²) in [4.78, 5) is 17.3. The maximum Gasteiger partial charge on any atom is 0.224 e. The lowest BCUT2D eigenvalue weighted by Gasteiger charge is -2.06. The molecular formula is C16H15N5. The molecule has 0 radical (unpaired) electrons. The lowest BCUT2D eigenvalue weighted by molar-refractivity contribution is 1.06. The van der Waals surface area contributed by atoms with Gasteiger partial charge in [-0.3, -0.25) is 4.98 Å². The van der Waals surface area contributed by atoms with Gasteiger partial charge >= 0.3 is 0 Å². The Labute approximate surface area is 122 Å². The summed E-state index contributed by atoms with van der Waals surface area (Å²) in [7, 11) is 0. The Kier molecular flexibility index (Phi) is 3.31. The van der Waals surface area contributed by atoms with Gasteiger partial charge in [0.1, 0.15) is 0 Å². The smallest absolute Gasteiger partial charge is 0.224 e. The molecule has 1 aromatic carbocycles. The highest BCUT2D eigenvalue weighted by atomic mass is 15.1. The number of hydrogen-bond donors (Lipinski definition) is 1. The zero-order valence-corrected chi connectivity index (χ0v) is 11.9. The predicted octanol–water partition coefficient (Wildman–Crippen LogP) is 2.80. The lowest BCUT2D eigenvalue weighted by atomic mass is 10.1. The molecule has 5 heteroatoms. The molecule has 0 unspecified atom stereocenters. The first-order chi connectivity index (χ1) is 10.1. The van der Waals surface area contributed by atoms with Crippen molar-refractivity contribution in [2.24, 2.45) is 0 Å². The quantitative estimate of drug-likeness (QED) is 0.779. The topological polar surface area (TPSA) is 77.6 Å². The van der Waals surface area contributed by atoms with Crippen molar-refractivity contribution in [2.45, 2.75) is 13.8 Å². The third-order valence-electron chi connectivity index (χ3n) is 3.02. The molecule has 0 saturated heterocycles. The molecule has 3 rings (SSSR count). The Morgan fingerprint density at radius 1 is 0.714 bits per heavy atom. The van der Waals surface area contributed by atoms with Crippen LogP contribution in [0, 0.1) is 13.8 Å². The van der Waals surface area contributed by atoms with Crippen LogP contribution in [0.5, 0.6) is 0 Å². The molecule has 0 aliphatic carbocycles. The van der Waals surface area contributed by atoms with Crippen molar-refractivity contribution in [3.63, 3.8) is 0 Å². The van der Waals surface area contributed by atoms with E-state index in [2.05, 4.69) is 19.9 Å². The van der Waals surface area contributed by atoms with E-state index in [9.17, 15) is 0 Å². The van der Waals surface area contributed by atoms with Crippen LogP contribution in [0.25, 0.3) is 22.8 Å². The Morgan fingerprint density at radius 3 is 1.90 bits per heavy atom. The van der Waals surface area contributed by atoms with Gasteiger partial charge in [0, 0.05) is 22.5 Å². The summed E-state index contributed by atoms with van der Waals surface area (Å²) in [5.41, 5.74) is 9.48. The molecule has 0 amide bonds. The molecular weight excluding hydrogens is 262 g/mol. The summed E-state index contributed by atoms with van der Waals surface area (Å²) in [6.07, 6.45) is 0. The lowest BCUT2D eigenvalue weighted by Crippen LogP contribution is -2.03. The average molecular weight is 277 g/mol. The van der Waals surface area contributed by atoms with Crippen molar-refractivity contribution >= 4 is 5.95 Å². The van der Waals surface area contributed by atoms with E-state index < -0.39 is 0 Å². The molecule has 0 bridgehead atoms. The SMILES string of the molecule is Cc1cc(-c2nc(N)nc(-c3ccccc3)n2)cc(C)n1. The Balaban J connectivity index is 2.14. The van der Waals surface area contributed by atoms with Gasteiger partial charge in [-0.15, -0.1) is 0 Å². The van der Waals surface area contributed by atoms with Crippen molar-refractivity contribution in [1.29, 1.82) is 0 Å². The maximum absolute atomic E-state index is 5.83. The minimum absolute atomic E-state index is 0.214. The Bertz CT molecular complexity index is 764. The fourth-order valence-corrected chi connectivity index (χ4v) is 2.20. The molecule has 0 spiro atoms. The number of nitrogen functional groups attached to an aromatic ring is 1. The normalized spacial score (nSPS) is 10.6. The molecule has 3 aromatic rings. The monoisotopic (exact) mass is 277 g/mol. The van der Waals surface area contributed by atoms with Crippen molar-refractivity contribution in [1.82, 2.24) is 19.9 Å². The van der Waals surface area contributed by atoms with E-state index in [1.807, 2.05) is 56.3 Å². The second-order valence-corrected chi connectivity index (χ2v) is 4.85. The van der Waals surface area contributed by atoms with Crippen molar-refractivity contribution in [3.05, 3.63) is 53.9 Å². The zero-order chi connectivity index (χ0) is 14.8. The van der Waals surface area contributed by atoms with Crippen molar-refractivity contribution in [2.75, 3.05) is 5.73 Å². The summed E-state index contributed by atoms with van der Waals surface area (Å²) < 4.78 is 0. The molecule has 21 heavy (non-hydrogen) atoms. The van der Waals surface area contributed by atoms with E-state index in [1.54, 1.807) is 0 Å². The van der Waals surface area contributed by atoms with E-state index in [-0.39, 0.29) is 5.95 Å². The number of aryl methyl sites for hydroxylation is 2. The summed E-state index contributed by atoms with van der Waals surface area (Å²) in [5.74, 6) is 1.35. The minimum atomic E-state index is 0.214. The molecule has 0 fully saturated rings. The second kappa shape index (κ2) is 5.28. The van der Waals surface area contributed by atoms with E-state index in [1.165, 1.54) is 0 Å². The number of hydrogen-bond acceptors (Lipinski definition) is 5. The van der Waals surface area contributed by atoms with Crippen LogP contribution < -0.4 is 5.73 Å². The minimum Gasteiger partial charge on any atom is -0.368 e. The summed E-state index contributed by atoms with van der Waals surface area (Å²) >= 11 is 0. The third-order valence-corrected chi connectivity index (χ3v) is 3.02. The van der Waals surface area contributed by atoms with E-state index >= 15 is 0 Å². The summed E-state index contributed by atoms with van der Waals surface area (Å²) in [6.45, 7) is 3.89. The zero-order valence-electron chi connectivity index (χ0n) is 11.9. The molecule has 104 valence electrons. The molecule has 0 saturated carbocycles. The number of nitrogens with two attached hydrogens (primary N) is 1. The van der Waals surface area contributed by atoms with E-state index in [4.69, 9.17) is 5.73 Å². The third kappa shape index (κ3) is 2.86. The molecule has 2 heterocycles. The van der Waals surface area contributed by atoms with Crippen LogP contribution in [-0.2, 0) is 0 Å². The second-order valence-electron chi connectivity index (χ2n) is 4.85. The molecule has 0 aliphatic heterocycles. The van der Waals surface area contributed by atoms with Gasteiger partial charge in [-0.05, 0) is 26.0 Å². The number of rotatable bonds is 2. The summed E-state index contributed by atoms with van der Waals surface area (Å²) in [6, 6.07) is 13.6. The van der Waals surface area contributed by atoms with Gasteiger partial charge in [0.05, 0.1) is 0 Å². The van der Waals surface area contributed by atoms with Gasteiger partial charge in [-0.25, -0.2) is 4.98 Å². The van der Waals surface area contributed by atoms with Gasteiger partial charge < -0.3 is 5.73 Å². The number of aromatic nitrogens is 4. The first kappa shape index (κ1) is 13.2. The predicted molar refractivity (Wildman–Crippen MR) is 82.4 cm³/mol. The van der Waals surface area contributed by atoms with Crippen molar-refractivity contribution in [3.8, 4) is 22.8 Å². The fraction of sp³-hybridized carbons (Fsp3) is 0.125. The number of nitrogens with zero attached hydrogens (tertiary/aromatic N) is 4. The molecule has 2 aromatic heterocycles. The van der Waals surface area contributed by atoms with Gasteiger partial charge in [0.15, 0.2) is 11.6 Å². The maximum atomic E-state index is 5.83. The molecule has 0 aliphatic rings. The van der Waals surface area contributed by atoms with E-state index in [0.29, 0.717) is 11.6 Å². The van der Waals surface area contributed by atoms with Gasteiger partial charge in [-0.1, -0.05) is 30.3 Å². The first-order valence-electron chi connectivity index (χ1n) is 6.64.